The molecule has 6 nitrogen and oxygen atoms in total. The van der Waals surface area contributed by atoms with Gasteiger partial charge in [-0.25, -0.2) is 9.37 Å². The van der Waals surface area contributed by atoms with E-state index in [1.807, 2.05) is 25.1 Å². The summed E-state index contributed by atoms with van der Waals surface area (Å²) in [6.07, 6.45) is 0.769. The number of hydrogen-bond acceptors (Lipinski definition) is 6. The van der Waals surface area contributed by atoms with Gasteiger partial charge in [0.1, 0.15) is 11.6 Å². The Morgan fingerprint density at radius 2 is 2.09 bits per heavy atom. The van der Waals surface area contributed by atoms with E-state index < -0.39 is 5.82 Å². The summed E-state index contributed by atoms with van der Waals surface area (Å²) in [6.45, 7) is 7.07. The van der Waals surface area contributed by atoms with Crippen molar-refractivity contribution in [2.75, 3.05) is 50.9 Å². The summed E-state index contributed by atoms with van der Waals surface area (Å²) >= 11 is 7.63. The number of hydrogen-bond donors (Lipinski definition) is 0. The Morgan fingerprint density at radius 3 is 2.84 bits per heavy atom. The number of halogens is 2. The van der Waals surface area contributed by atoms with Gasteiger partial charge >= 0.3 is 0 Å². The Bertz CT molecular complexity index is 1090. The third kappa shape index (κ3) is 5.38. The van der Waals surface area contributed by atoms with Crippen molar-refractivity contribution in [2.45, 2.75) is 13.3 Å². The zero-order valence-corrected chi connectivity index (χ0v) is 19.4. The van der Waals surface area contributed by atoms with E-state index in [2.05, 4.69) is 4.90 Å². The topological polar surface area (TPSA) is 54.9 Å². The largest absolute Gasteiger partial charge is 0.494 e. The number of morpholine rings is 1. The molecule has 3 aromatic rings. The summed E-state index contributed by atoms with van der Waals surface area (Å²) in [4.78, 5) is 22.1. The highest BCUT2D eigenvalue weighted by molar-refractivity contribution is 7.22. The Labute approximate surface area is 195 Å². The second-order valence-electron chi connectivity index (χ2n) is 7.45. The number of aromatic nitrogens is 1. The number of ether oxygens (including phenoxy) is 2. The highest BCUT2D eigenvalue weighted by Crippen LogP contribution is 2.33. The SMILES string of the molecule is CCOc1ccc2nc(N(CCCN3CCOCC3)C(=O)c3ccc(F)cc3Cl)sc2c1. The zero-order valence-electron chi connectivity index (χ0n) is 17.9. The van der Waals surface area contributed by atoms with E-state index in [4.69, 9.17) is 26.1 Å². The van der Waals surface area contributed by atoms with E-state index in [0.29, 0.717) is 18.3 Å². The number of carbonyl (C=O) groups excluding carboxylic acids is 1. The van der Waals surface area contributed by atoms with Crippen molar-refractivity contribution >= 4 is 44.2 Å². The second kappa shape index (κ2) is 10.6. The lowest BCUT2D eigenvalue weighted by Crippen LogP contribution is -2.39. The molecule has 0 saturated carbocycles. The van der Waals surface area contributed by atoms with Gasteiger partial charge in [0, 0.05) is 26.2 Å². The maximum absolute atomic E-state index is 13.5. The standard InChI is InChI=1S/C23H25ClFN3O3S/c1-2-31-17-5-7-20-21(15-17)32-23(26-20)28(9-3-8-27-10-12-30-13-11-27)22(29)18-6-4-16(25)14-19(18)24/h4-7,14-15H,2-3,8-13H2,1H3. The first kappa shape index (κ1) is 22.9. The minimum Gasteiger partial charge on any atom is -0.494 e. The number of rotatable bonds is 8. The van der Waals surface area contributed by atoms with Crippen molar-refractivity contribution in [1.82, 2.24) is 9.88 Å². The van der Waals surface area contributed by atoms with Crippen molar-refractivity contribution < 1.29 is 18.7 Å². The highest BCUT2D eigenvalue weighted by Gasteiger charge is 2.24. The minimum atomic E-state index is -0.478. The molecule has 9 heteroatoms. The number of thiazole rings is 1. The number of nitrogens with zero attached hydrogens (tertiary/aromatic N) is 3. The number of amides is 1. The summed E-state index contributed by atoms with van der Waals surface area (Å²) in [5.41, 5.74) is 1.05. The van der Waals surface area contributed by atoms with Crippen LogP contribution in [0.25, 0.3) is 10.2 Å². The van der Waals surface area contributed by atoms with Crippen LogP contribution in [0.15, 0.2) is 36.4 Å². The fourth-order valence-corrected chi connectivity index (χ4v) is 4.90. The van der Waals surface area contributed by atoms with Crippen LogP contribution in [0, 0.1) is 5.82 Å². The van der Waals surface area contributed by atoms with E-state index in [9.17, 15) is 9.18 Å². The number of fused-ring (bicyclic) bond motifs is 1. The molecule has 0 N–H and O–H groups in total. The van der Waals surface area contributed by atoms with Crippen LogP contribution in [-0.4, -0.2) is 61.8 Å². The Morgan fingerprint density at radius 1 is 1.28 bits per heavy atom. The number of anilines is 1. The maximum atomic E-state index is 13.5. The molecular formula is C23H25ClFN3O3S. The molecule has 0 spiro atoms. The molecule has 2 heterocycles. The van der Waals surface area contributed by atoms with Crippen molar-refractivity contribution in [2.24, 2.45) is 0 Å². The lowest BCUT2D eigenvalue weighted by Gasteiger charge is -2.27. The predicted molar refractivity (Wildman–Crippen MR) is 126 cm³/mol. The maximum Gasteiger partial charge on any atom is 0.261 e. The number of benzene rings is 2. The highest BCUT2D eigenvalue weighted by atomic mass is 35.5. The van der Waals surface area contributed by atoms with Crippen molar-refractivity contribution in [3.8, 4) is 5.75 Å². The first-order valence-corrected chi connectivity index (χ1v) is 11.8. The van der Waals surface area contributed by atoms with Crippen LogP contribution in [0.2, 0.25) is 5.02 Å². The smallest absolute Gasteiger partial charge is 0.261 e. The first-order valence-electron chi connectivity index (χ1n) is 10.7. The van der Waals surface area contributed by atoms with Gasteiger partial charge in [0.15, 0.2) is 5.13 Å². The van der Waals surface area contributed by atoms with E-state index in [1.165, 1.54) is 23.5 Å². The van der Waals surface area contributed by atoms with Crippen LogP contribution in [0.3, 0.4) is 0 Å². The second-order valence-corrected chi connectivity index (χ2v) is 8.86. The lowest BCUT2D eigenvalue weighted by molar-refractivity contribution is 0.0376. The molecule has 0 radical (unpaired) electrons. The molecule has 1 aliphatic heterocycles. The van der Waals surface area contributed by atoms with E-state index >= 15 is 0 Å². The fourth-order valence-electron chi connectivity index (χ4n) is 3.63. The van der Waals surface area contributed by atoms with Crippen LogP contribution in [0.4, 0.5) is 9.52 Å². The third-order valence-electron chi connectivity index (χ3n) is 5.26. The Balaban J connectivity index is 1.60. The summed E-state index contributed by atoms with van der Waals surface area (Å²) in [6, 6.07) is 9.53. The van der Waals surface area contributed by atoms with Crippen molar-refractivity contribution in [1.29, 1.82) is 0 Å². The molecule has 1 saturated heterocycles. The first-order chi connectivity index (χ1) is 15.5. The molecule has 0 aliphatic carbocycles. The van der Waals surface area contributed by atoms with Crippen molar-refractivity contribution in [3.05, 3.63) is 52.8 Å². The van der Waals surface area contributed by atoms with Gasteiger partial charge in [-0.3, -0.25) is 14.6 Å². The van der Waals surface area contributed by atoms with Gasteiger partial charge in [-0.05, 0) is 49.7 Å². The summed E-state index contributed by atoms with van der Waals surface area (Å²) in [5.74, 6) is -0.00287. The quantitative estimate of drug-likeness (QED) is 0.464. The molecule has 1 fully saturated rings. The summed E-state index contributed by atoms with van der Waals surface area (Å²) < 4.78 is 25.5. The van der Waals surface area contributed by atoms with Gasteiger partial charge in [-0.1, -0.05) is 22.9 Å². The van der Waals surface area contributed by atoms with E-state index in [0.717, 1.165) is 61.3 Å². The Kier molecular flexibility index (Phi) is 7.57. The molecule has 1 aliphatic rings. The van der Waals surface area contributed by atoms with Crippen molar-refractivity contribution in [3.63, 3.8) is 0 Å². The van der Waals surface area contributed by atoms with Crippen LogP contribution >= 0.6 is 22.9 Å². The molecule has 170 valence electrons. The fraction of sp³-hybridized carbons (Fsp3) is 0.391. The molecule has 1 aromatic heterocycles. The van der Waals surface area contributed by atoms with Crippen LogP contribution < -0.4 is 9.64 Å². The molecule has 0 atom stereocenters. The molecule has 0 unspecified atom stereocenters. The molecule has 1 amide bonds. The summed E-state index contributed by atoms with van der Waals surface area (Å²) in [5, 5.41) is 0.675. The Hall–Kier alpha value is -2.26. The average molecular weight is 478 g/mol. The van der Waals surface area contributed by atoms with Gasteiger partial charge in [0.05, 0.1) is 40.6 Å². The van der Waals surface area contributed by atoms with Crippen LogP contribution in [0.1, 0.15) is 23.7 Å². The molecule has 0 bridgehead atoms. The van der Waals surface area contributed by atoms with E-state index in [1.54, 1.807) is 4.90 Å². The third-order valence-corrected chi connectivity index (χ3v) is 6.61. The lowest BCUT2D eigenvalue weighted by atomic mass is 10.2. The average Bonchev–Trinajstić information content (AvgIpc) is 3.20. The summed E-state index contributed by atoms with van der Waals surface area (Å²) in [7, 11) is 0. The number of carbonyl (C=O) groups is 1. The van der Waals surface area contributed by atoms with Gasteiger partial charge in [-0.15, -0.1) is 0 Å². The molecule has 4 rings (SSSR count). The van der Waals surface area contributed by atoms with Gasteiger partial charge in [-0.2, -0.15) is 0 Å². The van der Waals surface area contributed by atoms with Gasteiger partial charge < -0.3 is 9.47 Å². The minimum absolute atomic E-state index is 0.0907. The van der Waals surface area contributed by atoms with Crippen LogP contribution in [-0.2, 0) is 4.74 Å². The monoisotopic (exact) mass is 477 g/mol. The molecule has 32 heavy (non-hydrogen) atoms. The molecule has 2 aromatic carbocycles. The van der Waals surface area contributed by atoms with Crippen LogP contribution in [0.5, 0.6) is 5.75 Å². The zero-order chi connectivity index (χ0) is 22.5. The van der Waals surface area contributed by atoms with Gasteiger partial charge in [0.25, 0.3) is 5.91 Å². The predicted octanol–water partition coefficient (Wildman–Crippen LogP) is 4.86. The normalized spacial score (nSPS) is 14.6. The van der Waals surface area contributed by atoms with E-state index in [-0.39, 0.29) is 16.5 Å². The molecular weight excluding hydrogens is 453 g/mol. The van der Waals surface area contributed by atoms with Gasteiger partial charge in [0.2, 0.25) is 0 Å².